The molecule has 3 rings (SSSR count). The molecule has 0 unspecified atom stereocenters. The summed E-state index contributed by atoms with van der Waals surface area (Å²) in [5, 5.41) is 4.11. The maximum Gasteiger partial charge on any atom is 0.266 e. The highest BCUT2D eigenvalue weighted by Crippen LogP contribution is 2.30. The molecule has 26 heavy (non-hydrogen) atoms. The summed E-state index contributed by atoms with van der Waals surface area (Å²) in [6, 6.07) is 10.5. The zero-order chi connectivity index (χ0) is 18.7. The third-order valence-corrected chi connectivity index (χ3v) is 4.93. The lowest BCUT2D eigenvalue weighted by atomic mass is 10.3. The first kappa shape index (κ1) is 18.8. The van der Waals surface area contributed by atoms with Crippen molar-refractivity contribution < 1.29 is 14.3 Å². The lowest BCUT2D eigenvalue weighted by Crippen LogP contribution is -2.30. The van der Waals surface area contributed by atoms with E-state index in [9.17, 15) is 4.79 Å². The van der Waals surface area contributed by atoms with Gasteiger partial charge in [0.15, 0.2) is 11.2 Å². The molecule has 1 amide bonds. The highest BCUT2D eigenvalue weighted by molar-refractivity contribution is 7.22. The summed E-state index contributed by atoms with van der Waals surface area (Å²) in [6.07, 6.45) is -0.750. The van der Waals surface area contributed by atoms with Crippen LogP contribution in [0.25, 0.3) is 10.2 Å². The van der Waals surface area contributed by atoms with Crippen LogP contribution in [0.3, 0.4) is 0 Å². The SMILES string of the molecule is CCOc1ccc2nc(NC(=O)[C@@H](C)Oc3ccc(Cl)cc3Cl)sc2c1. The number of carbonyl (C=O) groups excluding carboxylic acids is 1. The third-order valence-electron chi connectivity index (χ3n) is 3.47. The zero-order valence-corrected chi connectivity index (χ0v) is 16.4. The van der Waals surface area contributed by atoms with Crippen molar-refractivity contribution in [1.29, 1.82) is 0 Å². The number of thiazole rings is 1. The summed E-state index contributed by atoms with van der Waals surface area (Å²) in [7, 11) is 0. The predicted octanol–water partition coefficient (Wildman–Crippen LogP) is 5.41. The minimum atomic E-state index is -0.750. The van der Waals surface area contributed by atoms with Crippen LogP contribution < -0.4 is 14.8 Å². The lowest BCUT2D eigenvalue weighted by molar-refractivity contribution is -0.122. The van der Waals surface area contributed by atoms with E-state index in [-0.39, 0.29) is 5.91 Å². The topological polar surface area (TPSA) is 60.5 Å². The molecule has 0 aliphatic heterocycles. The summed E-state index contributed by atoms with van der Waals surface area (Å²) in [4.78, 5) is 16.8. The number of halogens is 2. The molecule has 3 aromatic rings. The van der Waals surface area contributed by atoms with E-state index in [0.29, 0.717) is 27.5 Å². The molecule has 0 aliphatic rings. The maximum atomic E-state index is 12.4. The van der Waals surface area contributed by atoms with Crippen molar-refractivity contribution in [3.8, 4) is 11.5 Å². The number of rotatable bonds is 6. The van der Waals surface area contributed by atoms with Crippen LogP contribution in [0.2, 0.25) is 10.0 Å². The Kier molecular flexibility index (Phi) is 5.86. The molecule has 8 heteroatoms. The maximum absolute atomic E-state index is 12.4. The van der Waals surface area contributed by atoms with Crippen LogP contribution in [0.4, 0.5) is 5.13 Å². The first-order valence-electron chi connectivity index (χ1n) is 7.92. The normalized spacial score (nSPS) is 12.0. The van der Waals surface area contributed by atoms with Crippen LogP contribution in [0, 0.1) is 0 Å². The van der Waals surface area contributed by atoms with E-state index in [4.69, 9.17) is 32.7 Å². The van der Waals surface area contributed by atoms with Gasteiger partial charge in [-0.1, -0.05) is 34.5 Å². The number of benzene rings is 2. The Morgan fingerprint density at radius 2 is 2.08 bits per heavy atom. The standard InChI is InChI=1S/C18H16Cl2N2O3S/c1-3-24-12-5-6-14-16(9-12)26-18(21-14)22-17(23)10(2)25-15-7-4-11(19)8-13(15)20/h4-10H,3H2,1-2H3,(H,21,22,23)/t10-/m1/s1. The molecule has 0 saturated carbocycles. The summed E-state index contributed by atoms with van der Waals surface area (Å²) in [6.45, 7) is 4.16. The first-order chi connectivity index (χ1) is 12.5. The van der Waals surface area contributed by atoms with E-state index in [1.165, 1.54) is 11.3 Å². The highest BCUT2D eigenvalue weighted by Gasteiger charge is 2.18. The number of fused-ring (bicyclic) bond motifs is 1. The van der Waals surface area contributed by atoms with Crippen LogP contribution in [0.15, 0.2) is 36.4 Å². The average Bonchev–Trinajstić information content (AvgIpc) is 2.99. The van der Waals surface area contributed by atoms with E-state index >= 15 is 0 Å². The Morgan fingerprint density at radius 1 is 1.27 bits per heavy atom. The smallest absolute Gasteiger partial charge is 0.266 e. The van der Waals surface area contributed by atoms with Gasteiger partial charge in [0, 0.05) is 5.02 Å². The van der Waals surface area contributed by atoms with Crippen molar-refractivity contribution in [2.45, 2.75) is 20.0 Å². The minimum absolute atomic E-state index is 0.319. The van der Waals surface area contributed by atoms with Gasteiger partial charge in [0.2, 0.25) is 0 Å². The van der Waals surface area contributed by atoms with Crippen molar-refractivity contribution in [2.75, 3.05) is 11.9 Å². The van der Waals surface area contributed by atoms with Gasteiger partial charge in [-0.3, -0.25) is 10.1 Å². The minimum Gasteiger partial charge on any atom is -0.494 e. The van der Waals surface area contributed by atoms with Gasteiger partial charge in [0.05, 0.1) is 21.8 Å². The van der Waals surface area contributed by atoms with E-state index in [2.05, 4.69) is 10.3 Å². The Balaban J connectivity index is 1.69. The molecular formula is C18H16Cl2N2O3S. The molecule has 5 nitrogen and oxygen atoms in total. The molecule has 0 aliphatic carbocycles. The van der Waals surface area contributed by atoms with E-state index in [1.54, 1.807) is 25.1 Å². The van der Waals surface area contributed by atoms with Gasteiger partial charge in [-0.25, -0.2) is 4.98 Å². The van der Waals surface area contributed by atoms with Gasteiger partial charge in [0.1, 0.15) is 11.5 Å². The number of hydrogen-bond acceptors (Lipinski definition) is 5. The first-order valence-corrected chi connectivity index (χ1v) is 9.49. The van der Waals surface area contributed by atoms with E-state index in [1.807, 2.05) is 25.1 Å². The van der Waals surface area contributed by atoms with Gasteiger partial charge in [-0.15, -0.1) is 0 Å². The quantitative estimate of drug-likeness (QED) is 0.590. The molecule has 0 spiro atoms. The second-order valence-electron chi connectivity index (χ2n) is 5.41. The Morgan fingerprint density at radius 3 is 2.81 bits per heavy atom. The van der Waals surface area contributed by atoms with Gasteiger partial charge in [0.25, 0.3) is 5.91 Å². The second-order valence-corrected chi connectivity index (χ2v) is 7.28. The zero-order valence-electron chi connectivity index (χ0n) is 14.1. The summed E-state index contributed by atoms with van der Waals surface area (Å²) >= 11 is 13.3. The average molecular weight is 411 g/mol. The Bertz CT molecular complexity index is 945. The Labute approximate surface area is 164 Å². The molecule has 0 radical (unpaired) electrons. The lowest BCUT2D eigenvalue weighted by Gasteiger charge is -2.14. The molecule has 0 saturated heterocycles. The second kappa shape index (κ2) is 8.12. The van der Waals surface area contributed by atoms with Crippen LogP contribution in [-0.2, 0) is 4.79 Å². The number of hydrogen-bond donors (Lipinski definition) is 1. The molecule has 0 bridgehead atoms. The van der Waals surface area contributed by atoms with Crippen molar-refractivity contribution in [1.82, 2.24) is 4.98 Å². The van der Waals surface area contributed by atoms with Gasteiger partial charge >= 0.3 is 0 Å². The van der Waals surface area contributed by atoms with Crippen molar-refractivity contribution in [3.05, 3.63) is 46.4 Å². The fourth-order valence-corrected chi connectivity index (χ4v) is 3.59. The molecule has 2 aromatic carbocycles. The van der Waals surface area contributed by atoms with Gasteiger partial charge < -0.3 is 9.47 Å². The summed E-state index contributed by atoms with van der Waals surface area (Å²) in [5.74, 6) is 0.847. The molecule has 1 aromatic heterocycles. The summed E-state index contributed by atoms with van der Waals surface area (Å²) < 4.78 is 12.0. The van der Waals surface area contributed by atoms with E-state index < -0.39 is 6.10 Å². The largest absolute Gasteiger partial charge is 0.494 e. The fourth-order valence-electron chi connectivity index (χ4n) is 2.24. The van der Waals surface area contributed by atoms with Crippen LogP contribution in [0.1, 0.15) is 13.8 Å². The molecule has 1 heterocycles. The Hall–Kier alpha value is -2.02. The number of amides is 1. The number of ether oxygens (including phenoxy) is 2. The predicted molar refractivity (Wildman–Crippen MR) is 106 cm³/mol. The van der Waals surface area contributed by atoms with Crippen LogP contribution in [0.5, 0.6) is 11.5 Å². The van der Waals surface area contributed by atoms with Gasteiger partial charge in [-0.2, -0.15) is 0 Å². The van der Waals surface area contributed by atoms with Crippen LogP contribution in [-0.4, -0.2) is 23.6 Å². The van der Waals surface area contributed by atoms with Gasteiger partial charge in [-0.05, 0) is 50.2 Å². The van der Waals surface area contributed by atoms with E-state index in [0.717, 1.165) is 16.0 Å². The fraction of sp³-hybridized carbons (Fsp3) is 0.222. The van der Waals surface area contributed by atoms with Crippen molar-refractivity contribution >= 4 is 55.8 Å². The van der Waals surface area contributed by atoms with Crippen molar-refractivity contribution in [2.24, 2.45) is 0 Å². The number of nitrogens with zero attached hydrogens (tertiary/aromatic N) is 1. The third kappa shape index (κ3) is 4.38. The number of nitrogens with one attached hydrogen (secondary N) is 1. The number of carbonyl (C=O) groups is 1. The molecular weight excluding hydrogens is 395 g/mol. The number of aromatic nitrogens is 1. The highest BCUT2D eigenvalue weighted by atomic mass is 35.5. The van der Waals surface area contributed by atoms with Crippen LogP contribution >= 0.6 is 34.5 Å². The molecule has 1 N–H and O–H groups in total. The monoisotopic (exact) mass is 410 g/mol. The number of anilines is 1. The molecule has 1 atom stereocenters. The molecule has 0 fully saturated rings. The molecule has 136 valence electrons. The summed E-state index contributed by atoms with van der Waals surface area (Å²) in [5.41, 5.74) is 0.795. The van der Waals surface area contributed by atoms with Crippen molar-refractivity contribution in [3.63, 3.8) is 0 Å².